The fraction of sp³-hybridized carbons (Fsp3) is 0.0417. The molecule has 2 N–H and O–H groups in total. The van der Waals surface area contributed by atoms with Crippen LogP contribution in [0.1, 0.15) is 5.56 Å². The quantitative estimate of drug-likeness (QED) is 0.353. The van der Waals surface area contributed by atoms with Crippen LogP contribution in [0, 0.1) is 11.3 Å². The minimum Gasteiger partial charge on any atom is -0.484 e. The van der Waals surface area contributed by atoms with Gasteiger partial charge in [0.1, 0.15) is 17.4 Å². The standard InChI is InChI=1S/C24H17Cl2N3O3/c25-18-8-10-19(11-9-18)28-24(31)17(14-27)12-16-4-3-5-20(13-16)32-15-23(30)29-22-7-2-1-6-21(22)26/h1-13H,15H2,(H,28,31)(H,29,30)/b17-12-. The third-order valence-corrected chi connectivity index (χ3v) is 4.74. The molecular formula is C24H17Cl2N3O3. The molecule has 6 nitrogen and oxygen atoms in total. The second-order valence-corrected chi connectivity index (χ2v) is 7.36. The van der Waals surface area contributed by atoms with Crippen LogP contribution >= 0.6 is 23.2 Å². The Bertz CT molecular complexity index is 1200. The van der Waals surface area contributed by atoms with E-state index in [-0.39, 0.29) is 18.1 Å². The van der Waals surface area contributed by atoms with Gasteiger partial charge in [-0.25, -0.2) is 0 Å². The van der Waals surface area contributed by atoms with Gasteiger partial charge in [-0.1, -0.05) is 47.5 Å². The van der Waals surface area contributed by atoms with Crippen LogP contribution in [0.5, 0.6) is 5.75 Å². The third-order valence-electron chi connectivity index (χ3n) is 4.15. The molecule has 0 atom stereocenters. The van der Waals surface area contributed by atoms with Crippen molar-refractivity contribution in [2.75, 3.05) is 17.2 Å². The zero-order valence-corrected chi connectivity index (χ0v) is 18.2. The Hall–Kier alpha value is -3.79. The number of anilines is 2. The van der Waals surface area contributed by atoms with E-state index in [9.17, 15) is 14.9 Å². The Labute approximate surface area is 195 Å². The van der Waals surface area contributed by atoms with Gasteiger partial charge < -0.3 is 15.4 Å². The lowest BCUT2D eigenvalue weighted by atomic mass is 10.1. The Morgan fingerprint density at radius 2 is 1.72 bits per heavy atom. The summed E-state index contributed by atoms with van der Waals surface area (Å²) in [6.45, 7) is -0.236. The lowest BCUT2D eigenvalue weighted by molar-refractivity contribution is -0.118. The molecule has 8 heteroatoms. The average molecular weight is 466 g/mol. The number of rotatable bonds is 7. The average Bonchev–Trinajstić information content (AvgIpc) is 2.79. The summed E-state index contributed by atoms with van der Waals surface area (Å²) in [4.78, 5) is 24.5. The summed E-state index contributed by atoms with van der Waals surface area (Å²) in [6.07, 6.45) is 1.43. The molecule has 2 amide bonds. The summed E-state index contributed by atoms with van der Waals surface area (Å²) >= 11 is 11.9. The highest BCUT2D eigenvalue weighted by molar-refractivity contribution is 6.33. The van der Waals surface area contributed by atoms with Gasteiger partial charge in [0.15, 0.2) is 6.61 Å². The molecular weight excluding hydrogens is 449 g/mol. The Balaban J connectivity index is 1.63. The highest BCUT2D eigenvalue weighted by atomic mass is 35.5. The van der Waals surface area contributed by atoms with Crippen LogP contribution in [0.3, 0.4) is 0 Å². The molecule has 0 spiro atoms. The smallest absolute Gasteiger partial charge is 0.266 e. The number of hydrogen-bond donors (Lipinski definition) is 2. The monoisotopic (exact) mass is 465 g/mol. The van der Waals surface area contributed by atoms with Gasteiger partial charge >= 0.3 is 0 Å². The molecule has 3 rings (SSSR count). The number of nitrogens with one attached hydrogen (secondary N) is 2. The van der Waals surface area contributed by atoms with E-state index >= 15 is 0 Å². The highest BCUT2D eigenvalue weighted by Gasteiger charge is 2.10. The van der Waals surface area contributed by atoms with Gasteiger partial charge in [0, 0.05) is 10.7 Å². The van der Waals surface area contributed by atoms with Crippen molar-refractivity contribution in [2.45, 2.75) is 0 Å². The maximum Gasteiger partial charge on any atom is 0.266 e. The number of hydrogen-bond acceptors (Lipinski definition) is 4. The third kappa shape index (κ3) is 6.61. The maximum atomic E-state index is 12.4. The molecule has 0 saturated heterocycles. The molecule has 0 unspecified atom stereocenters. The summed E-state index contributed by atoms with van der Waals surface area (Å²) in [5.74, 6) is -0.525. The molecule has 0 radical (unpaired) electrons. The lowest BCUT2D eigenvalue weighted by Gasteiger charge is -2.09. The first-order valence-corrected chi connectivity index (χ1v) is 10.2. The summed E-state index contributed by atoms with van der Waals surface area (Å²) in [5.41, 5.74) is 1.48. The molecule has 3 aromatic rings. The van der Waals surface area contributed by atoms with E-state index in [4.69, 9.17) is 27.9 Å². The first-order valence-electron chi connectivity index (χ1n) is 9.40. The number of carbonyl (C=O) groups is 2. The molecule has 0 fully saturated rings. The van der Waals surface area contributed by atoms with E-state index in [0.717, 1.165) is 0 Å². The van der Waals surface area contributed by atoms with Gasteiger partial charge in [-0.15, -0.1) is 0 Å². The number of benzene rings is 3. The van der Waals surface area contributed by atoms with Crippen molar-refractivity contribution in [1.82, 2.24) is 0 Å². The largest absolute Gasteiger partial charge is 0.484 e. The van der Waals surface area contributed by atoms with Crippen molar-refractivity contribution in [3.8, 4) is 11.8 Å². The van der Waals surface area contributed by atoms with Crippen molar-refractivity contribution in [2.24, 2.45) is 0 Å². The summed E-state index contributed by atoms with van der Waals surface area (Å²) in [6, 6.07) is 22.0. The molecule has 0 heterocycles. The predicted molar refractivity (Wildman–Crippen MR) is 126 cm³/mol. The minimum absolute atomic E-state index is 0.0893. The molecule has 0 bridgehead atoms. The maximum absolute atomic E-state index is 12.4. The molecule has 0 aliphatic carbocycles. The van der Waals surface area contributed by atoms with Gasteiger partial charge in [0.2, 0.25) is 0 Å². The van der Waals surface area contributed by atoms with Crippen LogP contribution in [0.4, 0.5) is 11.4 Å². The topological polar surface area (TPSA) is 91.2 Å². The number of ether oxygens (including phenoxy) is 1. The van der Waals surface area contributed by atoms with E-state index in [1.54, 1.807) is 72.8 Å². The number of amides is 2. The van der Waals surface area contributed by atoms with Gasteiger partial charge in [-0.05, 0) is 60.2 Å². The van der Waals surface area contributed by atoms with Crippen LogP contribution in [0.15, 0.2) is 78.4 Å². The predicted octanol–water partition coefficient (Wildman–Crippen LogP) is 5.56. The Kier molecular flexibility index (Phi) is 7.87. The molecule has 0 aromatic heterocycles. The van der Waals surface area contributed by atoms with E-state index in [1.807, 2.05) is 6.07 Å². The lowest BCUT2D eigenvalue weighted by Crippen LogP contribution is -2.20. The number of nitrogens with zero attached hydrogens (tertiary/aromatic N) is 1. The second kappa shape index (κ2) is 11.0. The van der Waals surface area contributed by atoms with E-state index in [0.29, 0.717) is 32.7 Å². The second-order valence-electron chi connectivity index (χ2n) is 6.52. The number of nitriles is 1. The van der Waals surface area contributed by atoms with Gasteiger partial charge in [-0.2, -0.15) is 5.26 Å². The molecule has 0 aliphatic heterocycles. The fourth-order valence-electron chi connectivity index (χ4n) is 2.64. The van der Waals surface area contributed by atoms with Crippen LogP contribution in [-0.4, -0.2) is 18.4 Å². The van der Waals surface area contributed by atoms with Crippen molar-refractivity contribution >= 4 is 52.5 Å². The molecule has 0 saturated carbocycles. The van der Waals surface area contributed by atoms with Crippen molar-refractivity contribution < 1.29 is 14.3 Å². The van der Waals surface area contributed by atoms with Crippen LogP contribution in [-0.2, 0) is 9.59 Å². The van der Waals surface area contributed by atoms with Crippen molar-refractivity contribution in [3.05, 3.63) is 94.0 Å². The van der Waals surface area contributed by atoms with Crippen molar-refractivity contribution in [3.63, 3.8) is 0 Å². The SMILES string of the molecule is N#C/C(=C/c1cccc(OCC(=O)Nc2ccccc2Cl)c1)C(=O)Nc1ccc(Cl)cc1. The molecule has 32 heavy (non-hydrogen) atoms. The molecule has 3 aromatic carbocycles. The van der Waals surface area contributed by atoms with Gasteiger partial charge in [0.05, 0.1) is 10.7 Å². The van der Waals surface area contributed by atoms with Gasteiger partial charge in [-0.3, -0.25) is 9.59 Å². The van der Waals surface area contributed by atoms with Crippen molar-refractivity contribution in [1.29, 1.82) is 5.26 Å². The number of carbonyl (C=O) groups excluding carboxylic acids is 2. The molecule has 0 aliphatic rings. The summed E-state index contributed by atoms with van der Waals surface area (Å²) in [5, 5.41) is 15.7. The summed E-state index contributed by atoms with van der Waals surface area (Å²) < 4.78 is 5.52. The zero-order chi connectivity index (χ0) is 22.9. The minimum atomic E-state index is -0.555. The molecule has 160 valence electrons. The number of para-hydroxylation sites is 1. The first kappa shape index (κ1) is 22.9. The number of halogens is 2. The van der Waals surface area contributed by atoms with E-state index in [2.05, 4.69) is 10.6 Å². The van der Waals surface area contributed by atoms with E-state index < -0.39 is 5.91 Å². The van der Waals surface area contributed by atoms with Gasteiger partial charge in [0.25, 0.3) is 11.8 Å². The van der Waals surface area contributed by atoms with Crippen LogP contribution < -0.4 is 15.4 Å². The Morgan fingerprint density at radius 3 is 2.44 bits per heavy atom. The summed E-state index contributed by atoms with van der Waals surface area (Å²) in [7, 11) is 0. The zero-order valence-electron chi connectivity index (χ0n) is 16.6. The first-order chi connectivity index (χ1) is 15.4. The highest BCUT2D eigenvalue weighted by Crippen LogP contribution is 2.21. The Morgan fingerprint density at radius 1 is 0.969 bits per heavy atom. The van der Waals surface area contributed by atoms with Crippen LogP contribution in [0.25, 0.3) is 6.08 Å². The van der Waals surface area contributed by atoms with E-state index in [1.165, 1.54) is 6.08 Å². The fourth-order valence-corrected chi connectivity index (χ4v) is 2.95. The normalized spacial score (nSPS) is 10.7. The van der Waals surface area contributed by atoms with Crippen LogP contribution in [0.2, 0.25) is 10.0 Å².